The zero-order valence-electron chi connectivity index (χ0n) is 21.0. The van der Waals surface area contributed by atoms with Gasteiger partial charge in [0, 0.05) is 59.5 Å². The van der Waals surface area contributed by atoms with Gasteiger partial charge in [-0.2, -0.15) is 0 Å². The van der Waals surface area contributed by atoms with Crippen molar-refractivity contribution >= 4 is 18.1 Å². The third-order valence-electron chi connectivity index (χ3n) is 3.92. The average Bonchev–Trinajstić information content (AvgIpc) is 3.20. The molecule has 1 unspecified atom stereocenters. The number of hydroxylamine groups is 1. The van der Waals surface area contributed by atoms with Gasteiger partial charge in [0.1, 0.15) is 6.04 Å². The van der Waals surface area contributed by atoms with Gasteiger partial charge >= 0.3 is 12.1 Å². The second kappa shape index (κ2) is 31.5. The Bertz CT molecular complexity index is 614. The van der Waals surface area contributed by atoms with E-state index in [1.807, 2.05) is 35.8 Å². The van der Waals surface area contributed by atoms with Gasteiger partial charge in [-0.05, 0) is 30.4 Å². The van der Waals surface area contributed by atoms with E-state index in [1.54, 1.807) is 6.08 Å². The zero-order chi connectivity index (χ0) is 25.9. The molecule has 1 atom stereocenters. The van der Waals surface area contributed by atoms with Gasteiger partial charge in [0.25, 0.3) is 0 Å². The van der Waals surface area contributed by atoms with Crippen LogP contribution in [0.1, 0.15) is 57.1 Å². The number of aliphatic hydroxyl groups is 1. The second-order valence-electron chi connectivity index (χ2n) is 6.48. The summed E-state index contributed by atoms with van der Waals surface area (Å²) in [5.41, 5.74) is 14.6. The second-order valence-corrected chi connectivity index (χ2v) is 6.48. The maximum Gasteiger partial charge on any atom is 0.415 e. The van der Waals surface area contributed by atoms with Gasteiger partial charge in [0.05, 0.1) is 0 Å². The molecule has 0 spiro atoms. The third kappa shape index (κ3) is 25.2. The number of esters is 1. The molecule has 1 saturated heterocycles. The van der Waals surface area contributed by atoms with Gasteiger partial charge in [0.2, 0.25) is 0 Å². The summed E-state index contributed by atoms with van der Waals surface area (Å²) in [5, 5.41) is 17.6. The molecule has 34 heavy (non-hydrogen) atoms. The van der Waals surface area contributed by atoms with Crippen LogP contribution >= 0.6 is 0 Å². The summed E-state index contributed by atoms with van der Waals surface area (Å²) in [6.45, 7) is 13.0. The fourth-order valence-electron chi connectivity index (χ4n) is 1.93. The summed E-state index contributed by atoms with van der Waals surface area (Å²) in [6.07, 6.45) is 7.48. The Balaban J connectivity index is -0.000000190. The Morgan fingerprint density at radius 2 is 1.62 bits per heavy atom. The maximum atomic E-state index is 10.9. The first-order valence-corrected chi connectivity index (χ1v) is 11.0. The van der Waals surface area contributed by atoms with Gasteiger partial charge < -0.3 is 31.8 Å². The van der Waals surface area contributed by atoms with Crippen molar-refractivity contribution in [2.24, 2.45) is 11.5 Å². The largest absolute Gasteiger partial charge is 0.415 e. The molecule has 0 bridgehead atoms. The molecule has 1 aromatic carbocycles. The number of amides is 1. The molecule has 9 nitrogen and oxygen atoms in total. The van der Waals surface area contributed by atoms with Gasteiger partial charge in [-0.25, -0.2) is 15.1 Å². The van der Waals surface area contributed by atoms with Crippen LogP contribution in [0.2, 0.25) is 0 Å². The molecular formula is C24H44N4O5Y. The van der Waals surface area contributed by atoms with E-state index in [1.165, 1.54) is 12.8 Å². The Hall–Kier alpha value is -1.46. The number of rotatable bonds is 9. The minimum Gasteiger partial charge on any atom is -0.400 e. The van der Waals surface area contributed by atoms with Crippen LogP contribution in [-0.4, -0.2) is 48.6 Å². The number of ether oxygens (including phenoxy) is 1. The summed E-state index contributed by atoms with van der Waals surface area (Å²) < 4.78 is 4.28. The number of alkyl carbamates (subject to hydrolysis) is 1. The number of hydrogen-bond acceptors (Lipinski definition) is 8. The van der Waals surface area contributed by atoms with Crippen molar-refractivity contribution in [1.29, 1.82) is 0 Å². The first-order chi connectivity index (χ1) is 15.9. The maximum absolute atomic E-state index is 10.9. The summed E-state index contributed by atoms with van der Waals surface area (Å²) in [4.78, 5) is 21.4. The van der Waals surface area contributed by atoms with Crippen molar-refractivity contribution in [2.45, 2.75) is 58.5 Å². The van der Waals surface area contributed by atoms with Crippen molar-refractivity contribution in [3.05, 3.63) is 54.6 Å². The quantitative estimate of drug-likeness (QED) is 0.0888. The summed E-state index contributed by atoms with van der Waals surface area (Å²) in [6, 6.07) is 7.53. The van der Waals surface area contributed by atoms with Crippen LogP contribution in [-0.2, 0) is 48.8 Å². The van der Waals surface area contributed by atoms with Gasteiger partial charge in [0.15, 0.2) is 0 Å². The van der Waals surface area contributed by atoms with Crippen molar-refractivity contribution in [1.82, 2.24) is 10.8 Å². The van der Waals surface area contributed by atoms with E-state index in [0.717, 1.165) is 31.1 Å². The first kappa shape index (κ1) is 39.7. The standard InChI is InChI=1S/C9H11N.C7H12N2O4.C4H10.C3H7N.CH4O.Y/c1-2-8-3-5-9(7-10)6-4-8;10-6-5(9-7(11)13-6)3-1-2-4-8-12;1-3-4-2;1-2-3-4;1-2;/h2-6H,1,7,10H2;5,8,12H,1-4H2,(H,9,11);3-4H2,1-2H3;2H,1,3-4H2;2H,1H3;. The molecule has 193 valence electrons. The van der Waals surface area contributed by atoms with Crippen LogP contribution in [0.3, 0.4) is 0 Å². The number of nitrogens with one attached hydrogen (secondary N) is 2. The van der Waals surface area contributed by atoms with Crippen molar-refractivity contribution in [2.75, 3.05) is 20.2 Å². The number of carbonyl (C=O) groups excluding carboxylic acids is 2. The SMILES string of the molecule is C=CCN.C=Cc1ccc(CN)cc1.CCCC.CO.O=C1NC(CCCCNO)C(=O)O1.[Y]. The molecule has 8 N–H and O–H groups in total. The van der Waals surface area contributed by atoms with Crippen LogP contribution in [0.25, 0.3) is 6.08 Å². The topological polar surface area (TPSA) is 160 Å². The normalized spacial score (nSPS) is 12.7. The van der Waals surface area contributed by atoms with E-state index in [-0.39, 0.29) is 32.7 Å². The van der Waals surface area contributed by atoms with E-state index in [9.17, 15) is 9.59 Å². The molecule has 0 aliphatic carbocycles. The number of benzene rings is 1. The average molecular weight is 558 g/mol. The first-order valence-electron chi connectivity index (χ1n) is 11.0. The smallest absolute Gasteiger partial charge is 0.400 e. The Morgan fingerprint density at radius 1 is 1.09 bits per heavy atom. The molecule has 1 radical (unpaired) electrons. The van der Waals surface area contributed by atoms with E-state index in [2.05, 4.69) is 37.1 Å². The molecule has 1 aromatic rings. The van der Waals surface area contributed by atoms with Gasteiger partial charge in [-0.3, -0.25) is 0 Å². The fraction of sp³-hybridized carbons (Fsp3) is 0.500. The van der Waals surface area contributed by atoms with E-state index < -0.39 is 18.1 Å². The number of carbonyl (C=O) groups is 2. The van der Waals surface area contributed by atoms with Crippen LogP contribution < -0.4 is 22.3 Å². The molecule has 1 amide bonds. The van der Waals surface area contributed by atoms with Crippen molar-refractivity contribution in [3.63, 3.8) is 0 Å². The third-order valence-corrected chi connectivity index (χ3v) is 3.92. The van der Waals surface area contributed by atoms with Crippen molar-refractivity contribution < 1.29 is 57.3 Å². The monoisotopic (exact) mass is 557 g/mol. The minimum absolute atomic E-state index is 0. The number of nitrogens with two attached hydrogens (primary N) is 2. The Kier molecular flexibility index (Phi) is 36.9. The summed E-state index contributed by atoms with van der Waals surface area (Å²) in [7, 11) is 1.00. The van der Waals surface area contributed by atoms with Crippen LogP contribution in [0.15, 0.2) is 43.5 Å². The molecule has 2 rings (SSSR count). The Morgan fingerprint density at radius 3 is 1.94 bits per heavy atom. The van der Waals surface area contributed by atoms with Gasteiger partial charge in [-0.15, -0.1) is 6.58 Å². The van der Waals surface area contributed by atoms with Crippen LogP contribution in [0, 0.1) is 0 Å². The van der Waals surface area contributed by atoms with Crippen molar-refractivity contribution in [3.8, 4) is 0 Å². The molecule has 1 heterocycles. The van der Waals surface area contributed by atoms with Gasteiger partial charge in [-0.1, -0.05) is 69.7 Å². The predicted octanol–water partition coefficient (Wildman–Crippen LogP) is 3.10. The molecule has 0 saturated carbocycles. The molecule has 1 aliphatic heterocycles. The molecule has 0 aromatic heterocycles. The molecule has 1 fully saturated rings. The number of hydrogen-bond donors (Lipinski definition) is 6. The number of cyclic esters (lactones) is 2. The zero-order valence-corrected chi connectivity index (χ0v) is 23.8. The van der Waals surface area contributed by atoms with E-state index in [0.29, 0.717) is 26.1 Å². The molecule has 10 heteroatoms. The summed E-state index contributed by atoms with van der Waals surface area (Å²) in [5.74, 6) is -0.512. The predicted molar refractivity (Wildman–Crippen MR) is 134 cm³/mol. The molecule has 1 aliphatic rings. The number of unbranched alkanes of at least 4 members (excludes halogenated alkanes) is 2. The van der Waals surface area contributed by atoms with E-state index >= 15 is 0 Å². The molecular weight excluding hydrogens is 513 g/mol. The Labute approximate surface area is 230 Å². The fourth-order valence-corrected chi connectivity index (χ4v) is 1.93. The summed E-state index contributed by atoms with van der Waals surface area (Å²) >= 11 is 0. The number of aliphatic hydroxyl groups excluding tert-OH is 1. The van der Waals surface area contributed by atoms with Crippen LogP contribution in [0.5, 0.6) is 0 Å². The minimum atomic E-state index is -0.671. The van der Waals surface area contributed by atoms with Crippen LogP contribution in [0.4, 0.5) is 4.79 Å². The van der Waals surface area contributed by atoms with E-state index in [4.69, 9.17) is 21.8 Å².